The third-order valence-corrected chi connectivity index (χ3v) is 7.31. The van der Waals surface area contributed by atoms with E-state index >= 15 is 0 Å². The van der Waals surface area contributed by atoms with E-state index in [1.54, 1.807) is 14.1 Å². The second-order valence-electron chi connectivity index (χ2n) is 9.18. The minimum absolute atomic E-state index is 0.132. The molecular weight excluding hydrogens is 392 g/mol. The zero-order chi connectivity index (χ0) is 21.1. The van der Waals surface area contributed by atoms with Gasteiger partial charge < -0.3 is 20.4 Å². The van der Waals surface area contributed by atoms with Gasteiger partial charge in [0.15, 0.2) is 5.13 Å². The van der Waals surface area contributed by atoms with Crippen LogP contribution in [0.2, 0.25) is 0 Å². The number of urea groups is 2. The molecule has 0 radical (unpaired) electrons. The Labute approximate surface area is 174 Å². The molecule has 0 saturated carbocycles. The summed E-state index contributed by atoms with van der Waals surface area (Å²) >= 11 is 1.53. The minimum atomic E-state index is -0.497. The van der Waals surface area contributed by atoms with E-state index in [4.69, 9.17) is 0 Å². The Kier molecular flexibility index (Phi) is 4.71. The Bertz CT molecular complexity index is 863. The first-order valence-corrected chi connectivity index (χ1v) is 10.7. The van der Waals surface area contributed by atoms with Gasteiger partial charge in [-0.05, 0) is 30.6 Å². The van der Waals surface area contributed by atoms with E-state index in [-0.39, 0.29) is 29.9 Å². The maximum atomic E-state index is 12.6. The number of carbonyl (C=O) groups excluding carboxylic acids is 3. The van der Waals surface area contributed by atoms with Crippen LogP contribution in [0.5, 0.6) is 0 Å². The predicted octanol–water partition coefficient (Wildman–Crippen LogP) is 1.91. The van der Waals surface area contributed by atoms with E-state index < -0.39 is 12.3 Å². The molecule has 1 aromatic rings. The Morgan fingerprint density at radius 1 is 1.28 bits per heavy atom. The summed E-state index contributed by atoms with van der Waals surface area (Å²) in [4.78, 5) is 47.3. The van der Waals surface area contributed by atoms with Gasteiger partial charge in [0.2, 0.25) is 5.91 Å². The molecule has 2 saturated heterocycles. The van der Waals surface area contributed by atoms with Crippen LogP contribution in [0.15, 0.2) is 0 Å². The number of fused-ring (bicyclic) bond motifs is 2. The number of carbonyl (C=O) groups is 3. The van der Waals surface area contributed by atoms with Crippen LogP contribution in [0.4, 0.5) is 14.7 Å². The van der Waals surface area contributed by atoms with E-state index in [0.717, 1.165) is 25.0 Å². The number of thiazole rings is 1. The maximum absolute atomic E-state index is 12.6. The maximum Gasteiger partial charge on any atom is 0.323 e. The van der Waals surface area contributed by atoms with E-state index in [9.17, 15) is 14.4 Å². The first-order chi connectivity index (χ1) is 13.6. The number of anilines is 1. The zero-order valence-electron chi connectivity index (χ0n) is 17.5. The van der Waals surface area contributed by atoms with Gasteiger partial charge in [0.05, 0.1) is 5.69 Å². The highest BCUT2D eigenvalue weighted by atomic mass is 32.1. The lowest BCUT2D eigenvalue weighted by atomic mass is 9.73. The number of nitrogens with one attached hydrogen (secondary N) is 2. The van der Waals surface area contributed by atoms with Crippen LogP contribution in [-0.2, 0) is 17.6 Å². The normalized spacial score (nSPS) is 26.5. The van der Waals surface area contributed by atoms with Crippen molar-refractivity contribution in [2.75, 3.05) is 26.0 Å². The molecule has 4 rings (SSSR count). The number of amides is 5. The highest BCUT2D eigenvalue weighted by Gasteiger charge is 2.52. The van der Waals surface area contributed by atoms with Gasteiger partial charge in [-0.2, -0.15) is 0 Å². The smallest absolute Gasteiger partial charge is 0.314 e. The van der Waals surface area contributed by atoms with Gasteiger partial charge in [0, 0.05) is 19.0 Å². The summed E-state index contributed by atoms with van der Waals surface area (Å²) in [6.07, 6.45) is 2.08. The summed E-state index contributed by atoms with van der Waals surface area (Å²) in [7, 11) is 3.27. The van der Waals surface area contributed by atoms with Gasteiger partial charge >= 0.3 is 12.1 Å². The molecule has 1 aromatic heterocycles. The molecule has 0 spiro atoms. The molecule has 1 aliphatic carbocycles. The van der Waals surface area contributed by atoms with Crippen LogP contribution < -0.4 is 10.6 Å². The van der Waals surface area contributed by atoms with Gasteiger partial charge in [0.25, 0.3) is 0 Å². The van der Waals surface area contributed by atoms with Gasteiger partial charge in [-0.25, -0.2) is 14.6 Å². The van der Waals surface area contributed by atoms with Gasteiger partial charge in [0.1, 0.15) is 18.9 Å². The van der Waals surface area contributed by atoms with Crippen molar-refractivity contribution in [2.24, 2.45) is 11.3 Å². The highest BCUT2D eigenvalue weighted by Crippen LogP contribution is 2.40. The molecule has 29 heavy (non-hydrogen) atoms. The monoisotopic (exact) mass is 420 g/mol. The van der Waals surface area contributed by atoms with Crippen molar-refractivity contribution in [3.05, 3.63) is 10.6 Å². The first kappa shape index (κ1) is 19.9. The number of aryl methyl sites for hydroxylation is 1. The second-order valence-corrected chi connectivity index (χ2v) is 10.3. The van der Waals surface area contributed by atoms with Crippen molar-refractivity contribution in [3.63, 3.8) is 0 Å². The molecule has 2 aliphatic heterocycles. The Balaban J connectivity index is 1.42. The van der Waals surface area contributed by atoms with Crippen molar-refractivity contribution in [1.29, 1.82) is 0 Å². The molecule has 158 valence electrons. The highest BCUT2D eigenvalue weighted by molar-refractivity contribution is 7.15. The summed E-state index contributed by atoms with van der Waals surface area (Å²) in [5.74, 6) is 0.298. The molecule has 9 nitrogen and oxygen atoms in total. The minimum Gasteiger partial charge on any atom is -0.314 e. The summed E-state index contributed by atoms with van der Waals surface area (Å²) < 4.78 is 0. The molecule has 3 atom stereocenters. The average Bonchev–Trinajstić information content (AvgIpc) is 3.24. The molecular formula is C19H28N6O3S. The molecule has 3 unspecified atom stereocenters. The molecule has 3 heterocycles. The largest absolute Gasteiger partial charge is 0.323 e. The number of rotatable bonds is 3. The average molecular weight is 421 g/mol. The van der Waals surface area contributed by atoms with Crippen molar-refractivity contribution in [3.8, 4) is 0 Å². The van der Waals surface area contributed by atoms with Crippen molar-refractivity contribution < 1.29 is 14.4 Å². The van der Waals surface area contributed by atoms with Crippen molar-refractivity contribution in [1.82, 2.24) is 25.0 Å². The Morgan fingerprint density at radius 2 is 2.00 bits per heavy atom. The summed E-state index contributed by atoms with van der Waals surface area (Å²) in [6.45, 7) is 6.67. The first-order valence-electron chi connectivity index (χ1n) is 9.91. The van der Waals surface area contributed by atoms with E-state index in [0.29, 0.717) is 11.0 Å². The third kappa shape index (κ3) is 3.43. The number of hydrogen-bond acceptors (Lipinski definition) is 5. The summed E-state index contributed by atoms with van der Waals surface area (Å²) in [5, 5.41) is 6.19. The third-order valence-electron chi connectivity index (χ3n) is 6.28. The second kappa shape index (κ2) is 6.86. The fraction of sp³-hybridized carbons (Fsp3) is 0.684. The van der Waals surface area contributed by atoms with Crippen LogP contribution >= 0.6 is 11.3 Å². The summed E-state index contributed by atoms with van der Waals surface area (Å²) in [5.41, 5.74) is 1.33. The molecule has 0 bridgehead atoms. The van der Waals surface area contributed by atoms with Crippen LogP contribution in [-0.4, -0.2) is 70.6 Å². The van der Waals surface area contributed by atoms with E-state index in [2.05, 4.69) is 36.4 Å². The Hall–Kier alpha value is -2.36. The number of likely N-dealkylation sites (N-methyl/N-ethyl adjacent to an activating group) is 2. The fourth-order valence-electron chi connectivity index (χ4n) is 4.42. The lowest BCUT2D eigenvalue weighted by molar-refractivity contribution is -0.117. The van der Waals surface area contributed by atoms with Crippen LogP contribution in [0.3, 0.4) is 0 Å². The molecule has 10 heteroatoms. The molecule has 0 aromatic carbocycles. The molecule has 2 fully saturated rings. The predicted molar refractivity (Wildman–Crippen MR) is 109 cm³/mol. The van der Waals surface area contributed by atoms with Gasteiger partial charge in [-0.1, -0.05) is 20.8 Å². The van der Waals surface area contributed by atoms with E-state index in [1.165, 1.54) is 30.9 Å². The van der Waals surface area contributed by atoms with Gasteiger partial charge in [-0.15, -0.1) is 11.3 Å². The van der Waals surface area contributed by atoms with Crippen molar-refractivity contribution in [2.45, 2.75) is 52.4 Å². The number of nitrogens with zero attached hydrogens (tertiary/aromatic N) is 4. The molecule has 3 aliphatic rings. The lowest BCUT2D eigenvalue weighted by Gasteiger charge is -2.33. The van der Waals surface area contributed by atoms with Gasteiger partial charge in [-0.3, -0.25) is 9.69 Å². The Morgan fingerprint density at radius 3 is 2.69 bits per heavy atom. The topological polar surface area (TPSA) is 97.9 Å². The molecule has 5 amide bonds. The van der Waals surface area contributed by atoms with E-state index in [1.807, 2.05) is 0 Å². The lowest BCUT2D eigenvalue weighted by Crippen LogP contribution is -2.47. The number of aromatic nitrogens is 1. The standard InChI is InChI=1S/C19H28N6O3S/c1-19(2,3)10-6-7-11-12(8-10)29-16(20-11)21-13(26)9-25-15-14(22-17(25)27)23(4)18(28)24(15)5/h10,14-15H,6-9H2,1-5H3,(H,22,27)(H,20,21,26). The number of hydrogen-bond donors (Lipinski definition) is 2. The van der Waals surface area contributed by atoms with Crippen LogP contribution in [0.25, 0.3) is 0 Å². The molecule has 2 N–H and O–H groups in total. The van der Waals surface area contributed by atoms with Crippen LogP contribution in [0.1, 0.15) is 37.8 Å². The zero-order valence-corrected chi connectivity index (χ0v) is 18.3. The SMILES string of the molecule is CN1C(=O)N(C)C2C1NC(=O)N2CC(=O)Nc1nc2c(s1)CC(C(C)(C)C)CC2. The van der Waals surface area contributed by atoms with Crippen molar-refractivity contribution >= 4 is 34.4 Å². The summed E-state index contributed by atoms with van der Waals surface area (Å²) in [6, 6.07) is -0.542. The van der Waals surface area contributed by atoms with Crippen LogP contribution in [0, 0.1) is 11.3 Å². The quantitative estimate of drug-likeness (QED) is 0.780. The fourth-order valence-corrected chi connectivity index (χ4v) is 5.52.